The molecule has 29 heavy (non-hydrogen) atoms. The van der Waals surface area contributed by atoms with Gasteiger partial charge in [0.1, 0.15) is 12.6 Å². The Labute approximate surface area is 170 Å². The number of urea groups is 1. The molecule has 1 rings (SSSR count). The highest BCUT2D eigenvalue weighted by Crippen LogP contribution is 2.12. The number of anilines is 1. The predicted octanol–water partition coefficient (Wildman–Crippen LogP) is 1.67. The van der Waals surface area contributed by atoms with Gasteiger partial charge >= 0.3 is 12.0 Å². The van der Waals surface area contributed by atoms with Gasteiger partial charge in [-0.25, -0.2) is 4.79 Å². The number of esters is 1. The van der Waals surface area contributed by atoms with Gasteiger partial charge in [-0.2, -0.15) is 0 Å². The molecule has 0 unspecified atom stereocenters. The quantitative estimate of drug-likeness (QED) is 0.327. The van der Waals surface area contributed by atoms with Gasteiger partial charge in [0, 0.05) is 25.6 Å². The summed E-state index contributed by atoms with van der Waals surface area (Å²) in [5.74, 6) is -0.762. The van der Waals surface area contributed by atoms with Crippen LogP contribution in [0.4, 0.5) is 10.5 Å². The van der Waals surface area contributed by atoms with Crippen LogP contribution in [0.25, 0.3) is 0 Å². The van der Waals surface area contributed by atoms with E-state index in [9.17, 15) is 19.2 Å². The Morgan fingerprint density at radius 1 is 1.10 bits per heavy atom. The number of nitrogens with one attached hydrogen (secondary N) is 3. The average molecular weight is 406 g/mol. The van der Waals surface area contributed by atoms with Gasteiger partial charge < -0.3 is 26.4 Å². The number of nitrogens with two attached hydrogens (primary N) is 1. The zero-order chi connectivity index (χ0) is 21.8. The third kappa shape index (κ3) is 10.7. The molecule has 0 aromatic heterocycles. The first-order chi connectivity index (χ1) is 13.7. The van der Waals surface area contributed by atoms with E-state index < -0.39 is 12.1 Å². The number of carbonyl (C=O) groups excluding carboxylic acids is 4. The molecule has 9 nitrogen and oxygen atoms in total. The lowest BCUT2D eigenvalue weighted by molar-refractivity contribution is -0.142. The maximum Gasteiger partial charge on any atom is 0.312 e. The third-order valence-electron chi connectivity index (χ3n) is 3.88. The van der Waals surface area contributed by atoms with Crippen LogP contribution in [0.5, 0.6) is 0 Å². The summed E-state index contributed by atoms with van der Waals surface area (Å²) in [6.45, 7) is 5.64. The molecular weight excluding hydrogens is 376 g/mol. The molecule has 0 radical (unpaired) electrons. The Morgan fingerprint density at radius 3 is 2.31 bits per heavy atom. The van der Waals surface area contributed by atoms with E-state index in [1.807, 2.05) is 13.8 Å². The standard InChI is InChI=1S/C20H30N4O5/c1-13(2)11-18(26)24-17(5-4-10-22-20(21)28)19(27)23-16-8-6-15(7-9-16)12-29-14(3)25/h6-9,13,17H,4-5,10-12H2,1-3H3,(H,23,27)(H,24,26)(H3,21,22,28)/t17-/m0/s1. The maximum atomic E-state index is 12.7. The molecule has 9 heteroatoms. The van der Waals surface area contributed by atoms with Gasteiger partial charge in [-0.05, 0) is 36.5 Å². The second kappa shape index (κ2) is 12.4. The zero-order valence-corrected chi connectivity index (χ0v) is 17.1. The van der Waals surface area contributed by atoms with E-state index in [0.717, 1.165) is 5.56 Å². The SMILES string of the molecule is CC(=O)OCc1ccc(NC(=O)[C@H](CCCNC(N)=O)NC(=O)CC(C)C)cc1. The summed E-state index contributed by atoms with van der Waals surface area (Å²) in [4.78, 5) is 46.4. The molecule has 0 heterocycles. The van der Waals surface area contributed by atoms with Crippen molar-refractivity contribution in [3.63, 3.8) is 0 Å². The Balaban J connectivity index is 2.69. The summed E-state index contributed by atoms with van der Waals surface area (Å²) in [5.41, 5.74) is 6.38. The normalized spacial score (nSPS) is 11.4. The number of hydrogen-bond acceptors (Lipinski definition) is 5. The smallest absolute Gasteiger partial charge is 0.312 e. The molecule has 0 aliphatic rings. The summed E-state index contributed by atoms with van der Waals surface area (Å²) in [5, 5.41) is 7.98. The Hall–Kier alpha value is -3.10. The van der Waals surface area contributed by atoms with Gasteiger partial charge in [-0.15, -0.1) is 0 Å². The summed E-state index contributed by atoms with van der Waals surface area (Å²) in [6, 6.07) is 5.49. The second-order valence-corrected chi connectivity index (χ2v) is 7.12. The van der Waals surface area contributed by atoms with Gasteiger partial charge in [0.2, 0.25) is 11.8 Å². The predicted molar refractivity (Wildman–Crippen MR) is 109 cm³/mol. The second-order valence-electron chi connectivity index (χ2n) is 7.12. The minimum atomic E-state index is -0.739. The zero-order valence-electron chi connectivity index (χ0n) is 17.1. The van der Waals surface area contributed by atoms with Gasteiger partial charge in [0.15, 0.2) is 0 Å². The van der Waals surface area contributed by atoms with Crippen LogP contribution in [0.3, 0.4) is 0 Å². The van der Waals surface area contributed by atoms with Crippen molar-refractivity contribution in [3.05, 3.63) is 29.8 Å². The molecule has 0 spiro atoms. The van der Waals surface area contributed by atoms with Crippen molar-refractivity contribution in [1.82, 2.24) is 10.6 Å². The lowest BCUT2D eigenvalue weighted by Gasteiger charge is -2.19. The van der Waals surface area contributed by atoms with Crippen LogP contribution in [-0.4, -0.2) is 36.4 Å². The lowest BCUT2D eigenvalue weighted by Crippen LogP contribution is -2.44. The van der Waals surface area contributed by atoms with Crippen molar-refractivity contribution >= 4 is 29.5 Å². The van der Waals surface area contributed by atoms with Crippen molar-refractivity contribution < 1.29 is 23.9 Å². The van der Waals surface area contributed by atoms with Crippen molar-refractivity contribution in [2.45, 2.75) is 52.7 Å². The largest absolute Gasteiger partial charge is 0.461 e. The fourth-order valence-electron chi connectivity index (χ4n) is 2.51. The number of hydrogen-bond donors (Lipinski definition) is 4. The van der Waals surface area contributed by atoms with Crippen LogP contribution in [0.15, 0.2) is 24.3 Å². The van der Waals surface area contributed by atoms with Crippen LogP contribution >= 0.6 is 0 Å². The third-order valence-corrected chi connectivity index (χ3v) is 3.88. The summed E-state index contributed by atoms with van der Waals surface area (Å²) >= 11 is 0. The van der Waals surface area contributed by atoms with Crippen LogP contribution in [0, 0.1) is 5.92 Å². The number of benzene rings is 1. The highest BCUT2D eigenvalue weighted by Gasteiger charge is 2.21. The fourth-order valence-corrected chi connectivity index (χ4v) is 2.51. The van der Waals surface area contributed by atoms with Gasteiger partial charge in [-0.3, -0.25) is 14.4 Å². The monoisotopic (exact) mass is 406 g/mol. The first kappa shape index (κ1) is 23.9. The Morgan fingerprint density at radius 2 is 1.76 bits per heavy atom. The van der Waals surface area contributed by atoms with Gasteiger partial charge in [0.05, 0.1) is 0 Å². The van der Waals surface area contributed by atoms with Crippen molar-refractivity contribution in [2.24, 2.45) is 11.7 Å². The molecule has 0 fully saturated rings. The number of rotatable bonds is 11. The fraction of sp³-hybridized carbons (Fsp3) is 0.500. The van der Waals surface area contributed by atoms with Crippen LogP contribution in [0.2, 0.25) is 0 Å². The molecule has 1 aromatic carbocycles. The van der Waals surface area contributed by atoms with E-state index in [1.165, 1.54) is 6.92 Å². The van der Waals surface area contributed by atoms with Crippen molar-refractivity contribution in [3.8, 4) is 0 Å². The van der Waals surface area contributed by atoms with E-state index in [4.69, 9.17) is 10.5 Å². The topological polar surface area (TPSA) is 140 Å². The molecule has 4 amide bonds. The molecule has 1 atom stereocenters. The molecule has 0 aliphatic heterocycles. The first-order valence-corrected chi connectivity index (χ1v) is 9.53. The highest BCUT2D eigenvalue weighted by molar-refractivity contribution is 5.97. The first-order valence-electron chi connectivity index (χ1n) is 9.53. The maximum absolute atomic E-state index is 12.7. The Bertz CT molecular complexity index is 703. The van der Waals surface area contributed by atoms with E-state index >= 15 is 0 Å². The van der Waals surface area contributed by atoms with E-state index in [0.29, 0.717) is 31.5 Å². The summed E-state index contributed by atoms with van der Waals surface area (Å²) < 4.78 is 4.92. The van der Waals surface area contributed by atoms with Gasteiger partial charge in [0.25, 0.3) is 0 Å². The number of ether oxygens (including phenoxy) is 1. The van der Waals surface area contributed by atoms with Crippen LogP contribution in [0.1, 0.15) is 45.6 Å². The Kier molecular flexibility index (Phi) is 10.2. The average Bonchev–Trinajstić information content (AvgIpc) is 2.62. The lowest BCUT2D eigenvalue weighted by atomic mass is 10.1. The molecule has 160 valence electrons. The van der Waals surface area contributed by atoms with E-state index in [2.05, 4.69) is 16.0 Å². The number of primary amides is 1. The molecule has 5 N–H and O–H groups in total. The molecule has 0 saturated carbocycles. The minimum absolute atomic E-state index is 0.157. The molecule has 1 aromatic rings. The molecule has 0 aliphatic carbocycles. The van der Waals surface area contributed by atoms with Crippen LogP contribution < -0.4 is 21.7 Å². The number of carbonyl (C=O) groups is 4. The highest BCUT2D eigenvalue weighted by atomic mass is 16.5. The summed E-state index contributed by atoms with van der Waals surface area (Å²) in [6.07, 6.45) is 1.14. The molecular formula is C20H30N4O5. The minimum Gasteiger partial charge on any atom is -0.461 e. The van der Waals surface area contributed by atoms with E-state index in [1.54, 1.807) is 24.3 Å². The molecule has 0 saturated heterocycles. The number of amides is 4. The van der Waals surface area contributed by atoms with E-state index in [-0.39, 0.29) is 30.3 Å². The van der Waals surface area contributed by atoms with Crippen LogP contribution in [-0.2, 0) is 25.7 Å². The van der Waals surface area contributed by atoms with Crippen molar-refractivity contribution in [2.75, 3.05) is 11.9 Å². The molecule has 0 bridgehead atoms. The summed E-state index contributed by atoms with van der Waals surface area (Å²) in [7, 11) is 0. The van der Waals surface area contributed by atoms with Gasteiger partial charge in [-0.1, -0.05) is 26.0 Å². The van der Waals surface area contributed by atoms with Crippen molar-refractivity contribution in [1.29, 1.82) is 0 Å².